The van der Waals surface area contributed by atoms with Crippen molar-refractivity contribution in [3.8, 4) is 0 Å². The van der Waals surface area contributed by atoms with Gasteiger partial charge in [-0.3, -0.25) is 4.79 Å². The second-order valence-corrected chi connectivity index (χ2v) is 4.43. The second-order valence-electron chi connectivity index (χ2n) is 4.43. The van der Waals surface area contributed by atoms with Crippen LogP contribution in [0.5, 0.6) is 0 Å². The monoisotopic (exact) mass is 197 g/mol. The van der Waals surface area contributed by atoms with Crippen LogP contribution < -0.4 is 0 Å². The van der Waals surface area contributed by atoms with Crippen molar-refractivity contribution in [1.29, 1.82) is 0 Å². The van der Waals surface area contributed by atoms with Crippen molar-refractivity contribution < 1.29 is 4.79 Å². The number of carbonyl (C=O) groups excluding carboxylic acids is 1. The average Bonchev–Trinajstić information content (AvgIpc) is 2.65. The van der Waals surface area contributed by atoms with Gasteiger partial charge >= 0.3 is 0 Å². The topological polar surface area (TPSA) is 20.3 Å². The van der Waals surface area contributed by atoms with Crippen LogP contribution in [0, 0.1) is 5.92 Å². The van der Waals surface area contributed by atoms with E-state index in [9.17, 15) is 4.79 Å². The molecule has 0 spiro atoms. The maximum atomic E-state index is 11.8. The van der Waals surface area contributed by atoms with Crippen LogP contribution in [0.15, 0.2) is 0 Å². The molecule has 14 heavy (non-hydrogen) atoms. The van der Waals surface area contributed by atoms with E-state index in [1.165, 1.54) is 19.3 Å². The third-order valence-corrected chi connectivity index (χ3v) is 3.38. The van der Waals surface area contributed by atoms with Crippen molar-refractivity contribution in [3.63, 3.8) is 0 Å². The lowest BCUT2D eigenvalue weighted by atomic mass is 9.97. The van der Waals surface area contributed by atoms with Gasteiger partial charge in [-0.05, 0) is 25.2 Å². The second kappa shape index (κ2) is 5.38. The number of amides is 1. The van der Waals surface area contributed by atoms with Crippen molar-refractivity contribution in [2.24, 2.45) is 5.92 Å². The van der Waals surface area contributed by atoms with Crippen LogP contribution >= 0.6 is 0 Å². The van der Waals surface area contributed by atoms with Crippen molar-refractivity contribution >= 4 is 5.91 Å². The predicted octanol–water partition coefficient (Wildman–Crippen LogP) is 2.82. The Bertz CT molecular complexity index is 191. The number of carbonyl (C=O) groups is 1. The molecular formula is C12H23NO. The van der Waals surface area contributed by atoms with Crippen LogP contribution in [0.25, 0.3) is 0 Å². The minimum absolute atomic E-state index is 0.371. The van der Waals surface area contributed by atoms with Gasteiger partial charge in [-0.15, -0.1) is 0 Å². The lowest BCUT2D eigenvalue weighted by molar-refractivity contribution is -0.132. The van der Waals surface area contributed by atoms with Gasteiger partial charge in [0.15, 0.2) is 0 Å². The molecule has 1 rings (SSSR count). The first-order chi connectivity index (χ1) is 6.70. The number of likely N-dealkylation sites (tertiary alicyclic amines) is 1. The highest BCUT2D eigenvalue weighted by molar-refractivity contribution is 5.76. The number of hydrogen-bond acceptors (Lipinski definition) is 1. The first kappa shape index (κ1) is 11.5. The molecule has 1 amide bonds. The largest absolute Gasteiger partial charge is 0.339 e. The van der Waals surface area contributed by atoms with Gasteiger partial charge in [0, 0.05) is 19.0 Å². The Hall–Kier alpha value is -0.530. The molecule has 2 atom stereocenters. The normalized spacial score (nSPS) is 23.9. The Morgan fingerprint density at radius 3 is 2.79 bits per heavy atom. The molecule has 2 nitrogen and oxygen atoms in total. The number of rotatable bonds is 4. The van der Waals surface area contributed by atoms with Crippen molar-refractivity contribution in [2.45, 2.75) is 58.9 Å². The lowest BCUT2D eigenvalue weighted by Gasteiger charge is -2.29. The third-order valence-electron chi connectivity index (χ3n) is 3.38. The van der Waals surface area contributed by atoms with E-state index in [2.05, 4.69) is 25.7 Å². The summed E-state index contributed by atoms with van der Waals surface area (Å²) >= 11 is 0. The molecule has 0 aromatic carbocycles. The van der Waals surface area contributed by atoms with Crippen molar-refractivity contribution in [1.82, 2.24) is 4.90 Å². The highest BCUT2D eigenvalue weighted by Gasteiger charge is 2.30. The smallest absolute Gasteiger partial charge is 0.222 e. The molecule has 0 aromatic heterocycles. The van der Waals surface area contributed by atoms with Gasteiger partial charge in [0.05, 0.1) is 0 Å². The number of hydrogen-bond donors (Lipinski definition) is 0. The van der Waals surface area contributed by atoms with Gasteiger partial charge in [-0.1, -0.05) is 27.2 Å². The van der Waals surface area contributed by atoms with E-state index in [0.717, 1.165) is 19.4 Å². The molecule has 2 heteroatoms. The summed E-state index contributed by atoms with van der Waals surface area (Å²) in [7, 11) is 0. The Kier molecular flexibility index (Phi) is 4.43. The van der Waals surface area contributed by atoms with Crippen LogP contribution in [-0.2, 0) is 4.79 Å². The zero-order valence-corrected chi connectivity index (χ0v) is 9.75. The summed E-state index contributed by atoms with van der Waals surface area (Å²) in [5.41, 5.74) is 0. The molecule has 0 aromatic rings. The Morgan fingerprint density at radius 2 is 2.21 bits per heavy atom. The minimum Gasteiger partial charge on any atom is -0.339 e. The summed E-state index contributed by atoms with van der Waals surface area (Å²) in [6, 6.07) is 0.527. The Labute approximate surface area is 87.7 Å². The first-order valence-corrected chi connectivity index (χ1v) is 6.00. The summed E-state index contributed by atoms with van der Waals surface area (Å²) in [5.74, 6) is 1.04. The molecule has 0 aliphatic carbocycles. The Balaban J connectivity index is 2.54. The molecule has 1 aliphatic heterocycles. The number of nitrogens with zero attached hydrogens (tertiary/aromatic N) is 1. The van der Waals surface area contributed by atoms with Gasteiger partial charge < -0.3 is 4.90 Å². The van der Waals surface area contributed by atoms with E-state index < -0.39 is 0 Å². The fraction of sp³-hybridized carbons (Fsp3) is 0.917. The molecule has 0 radical (unpaired) electrons. The molecule has 1 saturated heterocycles. The zero-order valence-electron chi connectivity index (χ0n) is 9.75. The summed E-state index contributed by atoms with van der Waals surface area (Å²) in [6.45, 7) is 7.55. The van der Waals surface area contributed by atoms with E-state index in [-0.39, 0.29) is 0 Å². The van der Waals surface area contributed by atoms with Crippen molar-refractivity contribution in [2.75, 3.05) is 6.54 Å². The molecule has 2 unspecified atom stereocenters. The highest BCUT2D eigenvalue weighted by atomic mass is 16.2. The third kappa shape index (κ3) is 2.49. The summed E-state index contributed by atoms with van der Waals surface area (Å²) in [5, 5.41) is 0. The van der Waals surface area contributed by atoms with E-state index in [1.807, 2.05) is 0 Å². The maximum Gasteiger partial charge on any atom is 0.222 e. The molecular weight excluding hydrogens is 174 g/mol. The quantitative estimate of drug-likeness (QED) is 0.678. The standard InChI is InChI=1S/C12H23NO/c1-4-7-12(14)13-9-6-8-11(13)10(3)5-2/h10-11H,4-9H2,1-3H3. The minimum atomic E-state index is 0.371. The van der Waals surface area contributed by atoms with Gasteiger partial charge in [-0.25, -0.2) is 0 Å². The van der Waals surface area contributed by atoms with Crippen LogP contribution in [0.4, 0.5) is 0 Å². The summed E-state index contributed by atoms with van der Waals surface area (Å²) in [4.78, 5) is 13.9. The molecule has 0 N–H and O–H groups in total. The fourth-order valence-corrected chi connectivity index (χ4v) is 2.32. The van der Waals surface area contributed by atoms with Crippen molar-refractivity contribution in [3.05, 3.63) is 0 Å². The fourth-order valence-electron chi connectivity index (χ4n) is 2.32. The van der Waals surface area contributed by atoms with Crippen LogP contribution in [-0.4, -0.2) is 23.4 Å². The summed E-state index contributed by atoms with van der Waals surface area (Å²) < 4.78 is 0. The maximum absolute atomic E-state index is 11.8. The van der Waals surface area contributed by atoms with Gasteiger partial charge in [0.2, 0.25) is 5.91 Å². The predicted molar refractivity (Wildman–Crippen MR) is 59.1 cm³/mol. The molecule has 0 saturated carbocycles. The van der Waals surface area contributed by atoms with E-state index in [4.69, 9.17) is 0 Å². The lowest BCUT2D eigenvalue weighted by Crippen LogP contribution is -2.38. The summed E-state index contributed by atoms with van der Waals surface area (Å²) in [6.07, 6.45) is 5.30. The highest BCUT2D eigenvalue weighted by Crippen LogP contribution is 2.26. The SMILES string of the molecule is CCCC(=O)N1CCCC1C(C)CC. The molecule has 1 fully saturated rings. The van der Waals surface area contributed by atoms with E-state index >= 15 is 0 Å². The van der Waals surface area contributed by atoms with Crippen LogP contribution in [0.3, 0.4) is 0 Å². The van der Waals surface area contributed by atoms with Gasteiger partial charge in [-0.2, -0.15) is 0 Å². The van der Waals surface area contributed by atoms with Crippen LogP contribution in [0.2, 0.25) is 0 Å². The van der Waals surface area contributed by atoms with Gasteiger partial charge in [0.1, 0.15) is 0 Å². The molecule has 0 bridgehead atoms. The van der Waals surface area contributed by atoms with E-state index in [1.54, 1.807) is 0 Å². The van der Waals surface area contributed by atoms with E-state index in [0.29, 0.717) is 17.9 Å². The Morgan fingerprint density at radius 1 is 1.50 bits per heavy atom. The molecule has 1 heterocycles. The average molecular weight is 197 g/mol. The van der Waals surface area contributed by atoms with Gasteiger partial charge in [0.25, 0.3) is 0 Å². The zero-order chi connectivity index (χ0) is 10.6. The molecule has 82 valence electrons. The van der Waals surface area contributed by atoms with Crippen LogP contribution in [0.1, 0.15) is 52.9 Å². The first-order valence-electron chi connectivity index (χ1n) is 6.00. The molecule has 1 aliphatic rings.